The van der Waals surface area contributed by atoms with Gasteiger partial charge in [0.1, 0.15) is 23.1 Å². The number of hydrogen-bond donors (Lipinski definition) is 0. The number of amides is 1. The first kappa shape index (κ1) is 19.5. The predicted octanol–water partition coefficient (Wildman–Crippen LogP) is 4.30. The summed E-state index contributed by atoms with van der Waals surface area (Å²) >= 11 is 1.54. The van der Waals surface area contributed by atoms with Crippen LogP contribution in [-0.2, 0) is 0 Å². The minimum absolute atomic E-state index is 0.143. The Labute approximate surface area is 161 Å². The molecule has 0 radical (unpaired) electrons. The van der Waals surface area contributed by atoms with Gasteiger partial charge in [0, 0.05) is 35.7 Å². The topological polar surface area (TPSA) is 38.8 Å². The van der Waals surface area contributed by atoms with E-state index in [2.05, 4.69) is 0 Å². The van der Waals surface area contributed by atoms with Gasteiger partial charge in [-0.1, -0.05) is 0 Å². The number of hydrogen-bond acceptors (Lipinski definition) is 4. The lowest BCUT2D eigenvalue weighted by Crippen LogP contribution is -2.33. The molecule has 1 saturated heterocycles. The van der Waals surface area contributed by atoms with Gasteiger partial charge in [-0.05, 0) is 36.8 Å². The summed E-state index contributed by atoms with van der Waals surface area (Å²) in [6, 6.07) is 8.59. The zero-order valence-electron chi connectivity index (χ0n) is 15.2. The van der Waals surface area contributed by atoms with Crippen molar-refractivity contribution in [2.45, 2.75) is 11.7 Å². The summed E-state index contributed by atoms with van der Waals surface area (Å²) < 4.78 is 38.1. The third-order valence-corrected chi connectivity index (χ3v) is 5.88. The fourth-order valence-electron chi connectivity index (χ4n) is 3.13. The van der Waals surface area contributed by atoms with Crippen LogP contribution in [0, 0.1) is 11.6 Å². The monoisotopic (exact) mass is 393 g/mol. The van der Waals surface area contributed by atoms with Crippen LogP contribution in [0.3, 0.4) is 0 Å². The maximum absolute atomic E-state index is 14.1. The molecule has 0 N–H and O–H groups in total. The van der Waals surface area contributed by atoms with Gasteiger partial charge < -0.3 is 14.4 Å². The highest BCUT2D eigenvalue weighted by atomic mass is 32.2. The molecule has 1 amide bonds. The van der Waals surface area contributed by atoms with Gasteiger partial charge >= 0.3 is 0 Å². The van der Waals surface area contributed by atoms with E-state index in [1.165, 1.54) is 13.2 Å². The average Bonchev–Trinajstić information content (AvgIpc) is 2.95. The molecular formula is C20H21F2NO3S. The van der Waals surface area contributed by atoms with Crippen molar-refractivity contribution in [3.8, 4) is 11.5 Å². The van der Waals surface area contributed by atoms with Gasteiger partial charge in [0.15, 0.2) is 0 Å². The van der Waals surface area contributed by atoms with Crippen LogP contribution < -0.4 is 9.47 Å². The second-order valence-corrected chi connectivity index (χ2v) is 7.48. The Morgan fingerprint density at radius 1 is 1.11 bits per heavy atom. The van der Waals surface area contributed by atoms with Crippen LogP contribution >= 0.6 is 11.8 Å². The van der Waals surface area contributed by atoms with Crippen LogP contribution in [0.4, 0.5) is 8.78 Å². The fraction of sp³-hybridized carbons (Fsp3) is 0.350. The summed E-state index contributed by atoms with van der Waals surface area (Å²) in [5.41, 5.74) is 0.815. The number of carbonyl (C=O) groups is 1. The van der Waals surface area contributed by atoms with Gasteiger partial charge in [0.05, 0.1) is 19.8 Å². The van der Waals surface area contributed by atoms with Gasteiger partial charge in [-0.15, -0.1) is 0 Å². The molecule has 1 unspecified atom stereocenters. The molecule has 27 heavy (non-hydrogen) atoms. The Morgan fingerprint density at radius 2 is 1.93 bits per heavy atom. The zero-order chi connectivity index (χ0) is 19.4. The van der Waals surface area contributed by atoms with Crippen LogP contribution in [0.2, 0.25) is 0 Å². The maximum Gasteiger partial charge on any atom is 0.257 e. The molecule has 0 bridgehead atoms. The first-order chi connectivity index (χ1) is 13.0. The van der Waals surface area contributed by atoms with Gasteiger partial charge in [0.2, 0.25) is 0 Å². The molecule has 1 aliphatic heterocycles. The van der Waals surface area contributed by atoms with E-state index in [0.29, 0.717) is 47.9 Å². The molecule has 0 spiro atoms. The molecule has 7 heteroatoms. The molecule has 3 rings (SSSR count). The van der Waals surface area contributed by atoms with Crippen molar-refractivity contribution >= 4 is 17.7 Å². The average molecular weight is 393 g/mol. The third-order valence-electron chi connectivity index (χ3n) is 4.57. The van der Waals surface area contributed by atoms with Crippen molar-refractivity contribution in [2.24, 2.45) is 0 Å². The Balaban J connectivity index is 1.76. The highest BCUT2D eigenvalue weighted by molar-refractivity contribution is 7.99. The van der Waals surface area contributed by atoms with Crippen LogP contribution in [0.25, 0.3) is 0 Å². The summed E-state index contributed by atoms with van der Waals surface area (Å²) in [7, 11) is 3.06. The number of methoxy groups -OCH3 is 2. The second-order valence-electron chi connectivity index (χ2n) is 6.17. The number of benzene rings is 2. The summed E-state index contributed by atoms with van der Waals surface area (Å²) in [5, 5.41) is -0.184. The number of halogens is 2. The molecule has 1 heterocycles. The smallest absolute Gasteiger partial charge is 0.257 e. The predicted molar refractivity (Wildman–Crippen MR) is 102 cm³/mol. The first-order valence-electron chi connectivity index (χ1n) is 8.61. The normalized spacial score (nSPS) is 17.3. The van der Waals surface area contributed by atoms with Crippen molar-refractivity contribution in [1.82, 2.24) is 4.90 Å². The molecule has 2 aromatic rings. The maximum atomic E-state index is 14.1. The summed E-state index contributed by atoms with van der Waals surface area (Å²) in [4.78, 5) is 14.7. The molecule has 1 atom stereocenters. The summed E-state index contributed by atoms with van der Waals surface area (Å²) in [6.45, 7) is 0.994. The number of rotatable bonds is 4. The molecular weight excluding hydrogens is 372 g/mol. The van der Waals surface area contributed by atoms with Gasteiger partial charge in [-0.2, -0.15) is 11.8 Å². The van der Waals surface area contributed by atoms with Gasteiger partial charge in [-0.25, -0.2) is 8.78 Å². The minimum atomic E-state index is -0.452. The Morgan fingerprint density at radius 3 is 2.67 bits per heavy atom. The van der Waals surface area contributed by atoms with Crippen LogP contribution in [0.5, 0.6) is 11.5 Å². The highest BCUT2D eigenvalue weighted by Gasteiger charge is 2.26. The lowest BCUT2D eigenvalue weighted by molar-refractivity contribution is 0.0763. The molecule has 4 nitrogen and oxygen atoms in total. The number of nitrogens with zero attached hydrogens (tertiary/aromatic N) is 1. The van der Waals surface area contributed by atoms with E-state index >= 15 is 0 Å². The summed E-state index contributed by atoms with van der Waals surface area (Å²) in [6.07, 6.45) is 0.551. The standard InChI is InChI=1S/C20H21F2NO3S/c1-25-14-4-5-15(18(12-14)26-2)20(24)23-8-7-19(27-10-9-23)16-11-13(21)3-6-17(16)22/h3-6,11-12,19H,7-10H2,1-2H3. The van der Waals surface area contributed by atoms with Crippen LogP contribution in [0.15, 0.2) is 36.4 Å². The molecule has 1 fully saturated rings. The Kier molecular flexibility index (Phi) is 6.21. The highest BCUT2D eigenvalue weighted by Crippen LogP contribution is 2.36. The molecule has 0 aliphatic carbocycles. The first-order valence-corrected chi connectivity index (χ1v) is 9.66. The fourth-order valence-corrected chi connectivity index (χ4v) is 4.37. The van der Waals surface area contributed by atoms with Gasteiger partial charge in [-0.3, -0.25) is 4.79 Å². The van der Waals surface area contributed by atoms with E-state index in [9.17, 15) is 13.6 Å². The number of carbonyl (C=O) groups excluding carboxylic acids is 1. The van der Waals surface area contributed by atoms with Crippen molar-refractivity contribution in [1.29, 1.82) is 0 Å². The van der Waals surface area contributed by atoms with Crippen molar-refractivity contribution in [3.63, 3.8) is 0 Å². The quantitative estimate of drug-likeness (QED) is 0.776. The van der Waals surface area contributed by atoms with E-state index in [4.69, 9.17) is 9.47 Å². The third kappa shape index (κ3) is 4.35. The Bertz CT molecular complexity index is 831. The van der Waals surface area contributed by atoms with E-state index in [0.717, 1.165) is 12.1 Å². The molecule has 1 aliphatic rings. The van der Waals surface area contributed by atoms with Gasteiger partial charge in [0.25, 0.3) is 5.91 Å². The van der Waals surface area contributed by atoms with Crippen LogP contribution in [-0.4, -0.2) is 43.9 Å². The lowest BCUT2D eigenvalue weighted by atomic mass is 10.1. The summed E-state index contributed by atoms with van der Waals surface area (Å²) in [5.74, 6) is 0.693. The largest absolute Gasteiger partial charge is 0.497 e. The van der Waals surface area contributed by atoms with E-state index in [1.54, 1.807) is 42.0 Å². The lowest BCUT2D eigenvalue weighted by Gasteiger charge is -2.22. The van der Waals surface area contributed by atoms with Crippen molar-refractivity contribution in [2.75, 3.05) is 33.1 Å². The van der Waals surface area contributed by atoms with E-state index < -0.39 is 11.6 Å². The minimum Gasteiger partial charge on any atom is -0.497 e. The second kappa shape index (κ2) is 8.61. The Hall–Kier alpha value is -2.28. The molecule has 144 valence electrons. The number of thioether (sulfide) groups is 1. The molecule has 0 aromatic heterocycles. The molecule has 2 aromatic carbocycles. The molecule has 0 saturated carbocycles. The zero-order valence-corrected chi connectivity index (χ0v) is 16.0. The SMILES string of the molecule is COc1ccc(C(=O)N2CCSC(c3cc(F)ccc3F)CC2)c(OC)c1. The van der Waals surface area contributed by atoms with Crippen LogP contribution in [0.1, 0.15) is 27.6 Å². The van der Waals surface area contributed by atoms with Crippen molar-refractivity contribution in [3.05, 3.63) is 59.2 Å². The number of ether oxygens (including phenoxy) is 2. The van der Waals surface area contributed by atoms with E-state index in [-0.39, 0.29) is 11.2 Å². The van der Waals surface area contributed by atoms with E-state index in [1.807, 2.05) is 0 Å². The van der Waals surface area contributed by atoms with Crippen molar-refractivity contribution < 1.29 is 23.0 Å².